The van der Waals surface area contributed by atoms with Crippen LogP contribution in [0.15, 0.2) is 0 Å². The highest BCUT2D eigenvalue weighted by atomic mass is 28.1. The van der Waals surface area contributed by atoms with E-state index in [1.807, 2.05) is 0 Å². The molecule has 0 spiro atoms. The molecule has 0 N–H and O–H groups in total. The molecule has 0 aliphatic carbocycles. The van der Waals surface area contributed by atoms with Crippen molar-refractivity contribution in [3.63, 3.8) is 0 Å². The van der Waals surface area contributed by atoms with Crippen molar-refractivity contribution in [2.24, 2.45) is 0 Å². The highest BCUT2D eigenvalue weighted by molar-refractivity contribution is 5.75. The second-order valence-corrected chi connectivity index (χ2v) is 8.68. The van der Waals surface area contributed by atoms with E-state index in [-0.39, 0.29) is 11.0 Å². The molecule has 160 valence electrons. The van der Waals surface area contributed by atoms with Crippen molar-refractivity contribution in [3.05, 3.63) is 0 Å². The van der Waals surface area contributed by atoms with Gasteiger partial charge in [0.2, 0.25) is 0 Å². The first-order valence-electron chi connectivity index (χ1n) is 11.8. The Balaban J connectivity index is 0. The lowest BCUT2D eigenvalue weighted by molar-refractivity contribution is 0.122. The summed E-state index contributed by atoms with van der Waals surface area (Å²) in [5.74, 6) is 0. The molecule has 0 saturated heterocycles. The van der Waals surface area contributed by atoms with E-state index in [1.54, 1.807) is 0 Å². The van der Waals surface area contributed by atoms with Crippen LogP contribution in [0.4, 0.5) is 0 Å². The molecular formula is C24H55NSi. The Morgan fingerprint density at radius 3 is 1.12 bits per heavy atom. The molecule has 0 fully saturated rings. The van der Waals surface area contributed by atoms with Crippen molar-refractivity contribution in [1.82, 2.24) is 4.90 Å². The molecule has 0 amide bonds. The fraction of sp³-hybridized carbons (Fsp3) is 1.00. The van der Waals surface area contributed by atoms with Crippen LogP contribution in [-0.4, -0.2) is 34.5 Å². The number of nitrogens with zero attached hydrogens (tertiary/aromatic N) is 1. The summed E-state index contributed by atoms with van der Waals surface area (Å²) in [4.78, 5) is 2.61. The third kappa shape index (κ3) is 16.4. The molecule has 0 radical (unpaired) electrons. The average Bonchev–Trinajstić information content (AvgIpc) is 2.59. The Labute approximate surface area is 172 Å². The second-order valence-electron chi connectivity index (χ2n) is 8.68. The van der Waals surface area contributed by atoms with Gasteiger partial charge in [0, 0.05) is 5.54 Å². The Hall–Kier alpha value is 0.177. The summed E-state index contributed by atoms with van der Waals surface area (Å²) in [5.41, 5.74) is 0.389. The van der Waals surface area contributed by atoms with Crippen molar-refractivity contribution in [2.45, 2.75) is 143 Å². The van der Waals surface area contributed by atoms with Crippen LogP contribution in [0.2, 0.25) is 0 Å². The molecule has 0 aromatic rings. The Bertz CT molecular complexity index is 261. The molecule has 0 rings (SSSR count). The third-order valence-corrected chi connectivity index (χ3v) is 6.01. The lowest BCUT2D eigenvalue weighted by Gasteiger charge is -2.37. The summed E-state index contributed by atoms with van der Waals surface area (Å²) in [6.45, 7) is 14.1. The van der Waals surface area contributed by atoms with Crippen LogP contribution in [0.25, 0.3) is 0 Å². The zero-order valence-electron chi connectivity index (χ0n) is 18.7. The van der Waals surface area contributed by atoms with Crippen LogP contribution in [-0.2, 0) is 0 Å². The van der Waals surface area contributed by atoms with Crippen LogP contribution in [0, 0.1) is 0 Å². The molecular weight excluding hydrogens is 330 g/mol. The van der Waals surface area contributed by atoms with Crippen molar-refractivity contribution >= 4 is 11.0 Å². The molecule has 0 atom stereocenters. The summed E-state index contributed by atoms with van der Waals surface area (Å²) in [6, 6.07) is 0. The van der Waals surface area contributed by atoms with Gasteiger partial charge in [-0.2, -0.15) is 0 Å². The van der Waals surface area contributed by atoms with E-state index < -0.39 is 0 Å². The lowest BCUT2D eigenvalue weighted by Crippen LogP contribution is -2.43. The standard InChI is InChI=1S/C24H51N.H4Si/c1-6-9-10-11-12-13-14-15-16-17-18-19-20-21-22-23-24(4,5)25(7-2)8-3;/h6-23H2,1-5H3;1H4. The molecule has 2 heteroatoms. The molecule has 0 aromatic carbocycles. The first-order chi connectivity index (χ1) is 12.1. The fourth-order valence-corrected chi connectivity index (χ4v) is 4.17. The summed E-state index contributed by atoms with van der Waals surface area (Å²) in [5, 5.41) is 0. The van der Waals surface area contributed by atoms with Gasteiger partial charge >= 0.3 is 0 Å². The monoisotopic (exact) mass is 385 g/mol. The molecule has 1 nitrogen and oxygen atoms in total. The van der Waals surface area contributed by atoms with Gasteiger partial charge in [-0.3, -0.25) is 4.90 Å². The van der Waals surface area contributed by atoms with Gasteiger partial charge in [0.05, 0.1) is 0 Å². The number of hydrogen-bond acceptors (Lipinski definition) is 1. The number of hydrogen-bond donors (Lipinski definition) is 0. The van der Waals surface area contributed by atoms with Crippen molar-refractivity contribution in [1.29, 1.82) is 0 Å². The minimum Gasteiger partial charge on any atom is -0.299 e. The predicted octanol–water partition coefficient (Wildman–Crippen LogP) is 6.92. The van der Waals surface area contributed by atoms with Crippen LogP contribution in [0.3, 0.4) is 0 Å². The second kappa shape index (κ2) is 19.9. The molecule has 0 aliphatic rings. The van der Waals surface area contributed by atoms with Crippen molar-refractivity contribution < 1.29 is 0 Å². The zero-order valence-corrected chi connectivity index (χ0v) is 18.7. The minimum absolute atomic E-state index is 0. The van der Waals surface area contributed by atoms with E-state index in [0.717, 1.165) is 0 Å². The largest absolute Gasteiger partial charge is 0.299 e. The van der Waals surface area contributed by atoms with Crippen LogP contribution in [0.1, 0.15) is 137 Å². The fourth-order valence-electron chi connectivity index (χ4n) is 4.17. The first kappa shape index (κ1) is 28.4. The van der Waals surface area contributed by atoms with E-state index >= 15 is 0 Å². The summed E-state index contributed by atoms with van der Waals surface area (Å²) < 4.78 is 0. The highest BCUT2D eigenvalue weighted by Gasteiger charge is 2.23. The molecule has 0 heterocycles. The van der Waals surface area contributed by atoms with Crippen LogP contribution >= 0.6 is 0 Å². The van der Waals surface area contributed by atoms with Crippen LogP contribution < -0.4 is 0 Å². The van der Waals surface area contributed by atoms with Gasteiger partial charge < -0.3 is 0 Å². The Morgan fingerprint density at radius 1 is 0.500 bits per heavy atom. The van der Waals surface area contributed by atoms with Crippen molar-refractivity contribution in [3.8, 4) is 0 Å². The maximum atomic E-state index is 2.61. The number of rotatable bonds is 19. The predicted molar refractivity (Wildman–Crippen MR) is 128 cm³/mol. The highest BCUT2D eigenvalue weighted by Crippen LogP contribution is 2.22. The molecule has 0 unspecified atom stereocenters. The minimum atomic E-state index is 0. The maximum Gasteiger partial charge on any atom is 0.0153 e. The van der Waals surface area contributed by atoms with E-state index in [2.05, 4.69) is 39.5 Å². The summed E-state index contributed by atoms with van der Waals surface area (Å²) in [6.07, 6.45) is 23.2. The van der Waals surface area contributed by atoms with E-state index in [4.69, 9.17) is 0 Å². The zero-order chi connectivity index (χ0) is 18.8. The van der Waals surface area contributed by atoms with E-state index in [9.17, 15) is 0 Å². The SMILES string of the molecule is CCCCCCCCCCCCCCCCCC(C)(C)N(CC)CC.[SiH4]. The van der Waals surface area contributed by atoms with Gasteiger partial charge in [-0.05, 0) is 44.3 Å². The number of unbranched alkanes of at least 4 members (excludes halogenated alkanes) is 14. The molecule has 0 aromatic heterocycles. The average molecular weight is 386 g/mol. The lowest BCUT2D eigenvalue weighted by atomic mass is 9.94. The summed E-state index contributed by atoms with van der Waals surface area (Å²) in [7, 11) is 0. The smallest absolute Gasteiger partial charge is 0.0153 e. The van der Waals surface area contributed by atoms with Gasteiger partial charge in [-0.1, -0.05) is 117 Å². The Morgan fingerprint density at radius 2 is 0.808 bits per heavy atom. The van der Waals surface area contributed by atoms with Gasteiger partial charge in [-0.25, -0.2) is 0 Å². The maximum absolute atomic E-state index is 2.61. The third-order valence-electron chi connectivity index (χ3n) is 6.01. The summed E-state index contributed by atoms with van der Waals surface area (Å²) >= 11 is 0. The van der Waals surface area contributed by atoms with E-state index in [1.165, 1.54) is 116 Å². The van der Waals surface area contributed by atoms with Gasteiger partial charge in [0.15, 0.2) is 0 Å². The Kier molecular flexibility index (Phi) is 21.8. The van der Waals surface area contributed by atoms with Gasteiger partial charge in [-0.15, -0.1) is 0 Å². The molecule has 0 bridgehead atoms. The molecule has 0 saturated carbocycles. The quantitative estimate of drug-likeness (QED) is 0.172. The van der Waals surface area contributed by atoms with Crippen molar-refractivity contribution in [2.75, 3.05) is 13.1 Å². The van der Waals surface area contributed by atoms with Crippen LogP contribution in [0.5, 0.6) is 0 Å². The normalized spacial score (nSPS) is 11.8. The molecule has 0 aliphatic heterocycles. The first-order valence-corrected chi connectivity index (χ1v) is 11.8. The van der Waals surface area contributed by atoms with E-state index in [0.29, 0.717) is 5.54 Å². The van der Waals surface area contributed by atoms with Gasteiger partial charge in [0.1, 0.15) is 0 Å². The topological polar surface area (TPSA) is 3.24 Å². The molecule has 26 heavy (non-hydrogen) atoms. The van der Waals surface area contributed by atoms with Gasteiger partial charge in [0.25, 0.3) is 0 Å².